The second-order valence-electron chi connectivity index (χ2n) is 11.1. The number of carbonyl (C=O) groups is 3. The fourth-order valence-electron chi connectivity index (χ4n) is 4.60. The van der Waals surface area contributed by atoms with Crippen molar-refractivity contribution in [3.05, 3.63) is 71.8 Å². The molecule has 2 aromatic rings. The highest BCUT2D eigenvalue weighted by molar-refractivity contribution is 6.42. The highest BCUT2D eigenvalue weighted by Crippen LogP contribution is 2.34. The minimum atomic E-state index is -1.25. The first-order valence-electron chi connectivity index (χ1n) is 12.2. The van der Waals surface area contributed by atoms with Gasteiger partial charge in [0.05, 0.1) is 0 Å². The zero-order chi connectivity index (χ0) is 26.1. The normalized spacial score (nSPS) is 21.8. The summed E-state index contributed by atoms with van der Waals surface area (Å²) in [7, 11) is 0. The van der Waals surface area contributed by atoms with Crippen molar-refractivity contribution >= 4 is 23.5 Å². The van der Waals surface area contributed by atoms with Crippen LogP contribution in [0.2, 0.25) is 0 Å². The molecule has 1 N–H and O–H groups in total. The second-order valence-corrected chi connectivity index (χ2v) is 11.1. The summed E-state index contributed by atoms with van der Waals surface area (Å²) >= 11 is 0. The number of ether oxygens (including phenoxy) is 1. The maximum atomic E-state index is 13.7. The fraction of sp³-hybridized carbons (Fsp3) is 0.429. The van der Waals surface area contributed by atoms with Gasteiger partial charge in [-0.05, 0) is 45.7 Å². The number of benzene rings is 2. The van der Waals surface area contributed by atoms with Crippen molar-refractivity contribution in [1.82, 2.24) is 15.4 Å². The Kier molecular flexibility index (Phi) is 6.75. The van der Waals surface area contributed by atoms with E-state index in [4.69, 9.17) is 4.74 Å². The van der Waals surface area contributed by atoms with Crippen LogP contribution in [0.4, 0.5) is 0 Å². The van der Waals surface area contributed by atoms with Crippen LogP contribution in [0.1, 0.15) is 58.6 Å². The van der Waals surface area contributed by atoms with Crippen LogP contribution >= 0.6 is 0 Å². The molecule has 2 aromatic carbocycles. The average Bonchev–Trinajstić information content (AvgIpc) is 3.33. The number of rotatable bonds is 6. The zero-order valence-electron chi connectivity index (χ0n) is 21.6. The molecule has 36 heavy (non-hydrogen) atoms. The number of hydrogen-bond donors (Lipinski definition) is 1. The highest BCUT2D eigenvalue weighted by atomic mass is 16.6. The third-order valence-electron chi connectivity index (χ3n) is 6.39. The second kappa shape index (κ2) is 9.50. The number of hydrogen-bond acceptors (Lipinski definition) is 7. The van der Waals surface area contributed by atoms with Gasteiger partial charge < -0.3 is 4.74 Å². The SMILES string of the molecule is CC(C)(C)OC(=O)C1(Cc2ccccc2)CC(C(=O)N2C(=O)CC(C)(C)N2Cc2ccccc2)=NN1. The number of hydrazone groups is 1. The molecule has 0 aromatic heterocycles. The molecular weight excluding hydrogens is 456 g/mol. The molecule has 2 aliphatic heterocycles. The van der Waals surface area contributed by atoms with Crippen LogP contribution in [0.15, 0.2) is 65.8 Å². The molecule has 1 saturated heterocycles. The molecule has 0 spiro atoms. The molecular formula is C28H34N4O4. The van der Waals surface area contributed by atoms with E-state index in [1.54, 1.807) is 25.8 Å². The predicted molar refractivity (Wildman–Crippen MR) is 136 cm³/mol. The summed E-state index contributed by atoms with van der Waals surface area (Å²) < 4.78 is 5.73. The number of nitrogens with one attached hydrogen (secondary N) is 1. The van der Waals surface area contributed by atoms with Gasteiger partial charge >= 0.3 is 5.97 Å². The van der Waals surface area contributed by atoms with E-state index in [0.717, 1.165) is 11.1 Å². The summed E-state index contributed by atoms with van der Waals surface area (Å²) in [6, 6.07) is 19.2. The van der Waals surface area contributed by atoms with Gasteiger partial charge in [-0.2, -0.15) is 5.10 Å². The van der Waals surface area contributed by atoms with E-state index < -0.39 is 28.6 Å². The lowest BCUT2D eigenvalue weighted by Crippen LogP contribution is -2.54. The van der Waals surface area contributed by atoms with Gasteiger partial charge in [-0.15, -0.1) is 0 Å². The van der Waals surface area contributed by atoms with Crippen LogP contribution < -0.4 is 5.43 Å². The van der Waals surface area contributed by atoms with Gasteiger partial charge in [-0.25, -0.2) is 14.8 Å². The van der Waals surface area contributed by atoms with E-state index in [1.807, 2.05) is 74.5 Å². The molecule has 0 saturated carbocycles. The maximum absolute atomic E-state index is 13.7. The summed E-state index contributed by atoms with van der Waals surface area (Å²) in [6.45, 7) is 9.68. The van der Waals surface area contributed by atoms with Crippen molar-refractivity contribution in [3.63, 3.8) is 0 Å². The molecule has 8 nitrogen and oxygen atoms in total. The third kappa shape index (κ3) is 5.33. The van der Waals surface area contributed by atoms with Crippen molar-refractivity contribution in [2.24, 2.45) is 5.10 Å². The number of esters is 1. The number of hydrazine groups is 1. The standard InChI is InChI=1S/C28H34N4O4/c1-26(2,3)36-25(35)28(16-20-12-8-6-9-13-20)17-22(29-30-28)24(34)32-23(33)18-27(4,5)31(32)19-21-14-10-7-11-15-21/h6-15,30H,16-19H2,1-5H3. The zero-order valence-corrected chi connectivity index (χ0v) is 21.6. The maximum Gasteiger partial charge on any atom is 0.334 e. The van der Waals surface area contributed by atoms with Gasteiger partial charge in [-0.3, -0.25) is 15.0 Å². The molecule has 8 heteroatoms. The van der Waals surface area contributed by atoms with Crippen LogP contribution in [-0.2, 0) is 32.1 Å². The number of amides is 2. The minimum absolute atomic E-state index is 0.0129. The summed E-state index contributed by atoms with van der Waals surface area (Å²) in [5.74, 6) is -1.30. The van der Waals surface area contributed by atoms with Crippen LogP contribution in [0.5, 0.6) is 0 Å². The van der Waals surface area contributed by atoms with Gasteiger partial charge in [0.1, 0.15) is 11.3 Å². The predicted octanol–water partition coefficient (Wildman–Crippen LogP) is 3.61. The molecule has 1 atom stereocenters. The molecule has 1 fully saturated rings. The number of imide groups is 1. The molecule has 2 heterocycles. The van der Waals surface area contributed by atoms with Crippen LogP contribution in [0, 0.1) is 0 Å². The fourth-order valence-corrected chi connectivity index (χ4v) is 4.60. The topological polar surface area (TPSA) is 91.3 Å². The first-order chi connectivity index (χ1) is 16.9. The van der Waals surface area contributed by atoms with E-state index in [1.165, 1.54) is 5.01 Å². The molecule has 2 amide bonds. The summed E-state index contributed by atoms with van der Waals surface area (Å²) in [5.41, 5.74) is 2.43. The van der Waals surface area contributed by atoms with Crippen LogP contribution in [0.3, 0.4) is 0 Å². The Balaban J connectivity index is 1.60. The van der Waals surface area contributed by atoms with Gasteiger partial charge in [0, 0.05) is 31.3 Å². The minimum Gasteiger partial charge on any atom is -0.458 e. The Hall–Kier alpha value is -3.52. The van der Waals surface area contributed by atoms with Gasteiger partial charge in [-0.1, -0.05) is 60.7 Å². The highest BCUT2D eigenvalue weighted by Gasteiger charge is 2.52. The lowest BCUT2D eigenvalue weighted by Gasteiger charge is -2.35. The van der Waals surface area contributed by atoms with Gasteiger partial charge in [0.25, 0.3) is 5.91 Å². The van der Waals surface area contributed by atoms with E-state index in [-0.39, 0.29) is 30.9 Å². The van der Waals surface area contributed by atoms with Crippen molar-refractivity contribution < 1.29 is 19.1 Å². The van der Waals surface area contributed by atoms with E-state index in [9.17, 15) is 14.4 Å². The Morgan fingerprint density at radius 3 is 2.14 bits per heavy atom. The summed E-state index contributed by atoms with van der Waals surface area (Å²) in [6.07, 6.45) is 0.503. The van der Waals surface area contributed by atoms with Crippen molar-refractivity contribution in [2.45, 2.75) is 77.1 Å². The molecule has 0 aliphatic carbocycles. The van der Waals surface area contributed by atoms with E-state index in [0.29, 0.717) is 6.54 Å². The first kappa shape index (κ1) is 25.6. The number of nitrogens with zero attached hydrogens (tertiary/aromatic N) is 3. The van der Waals surface area contributed by atoms with Crippen LogP contribution in [-0.4, -0.2) is 50.2 Å². The quantitative estimate of drug-likeness (QED) is 0.491. The summed E-state index contributed by atoms with van der Waals surface area (Å²) in [5, 5.41) is 7.29. The van der Waals surface area contributed by atoms with E-state index in [2.05, 4.69) is 10.5 Å². The lowest BCUT2D eigenvalue weighted by atomic mass is 9.87. The lowest BCUT2D eigenvalue weighted by molar-refractivity contribution is -0.162. The Bertz CT molecular complexity index is 1170. The Morgan fingerprint density at radius 1 is 0.972 bits per heavy atom. The van der Waals surface area contributed by atoms with Gasteiger partial charge in [0.2, 0.25) is 5.91 Å². The largest absolute Gasteiger partial charge is 0.458 e. The first-order valence-corrected chi connectivity index (χ1v) is 12.2. The average molecular weight is 491 g/mol. The molecule has 2 aliphatic rings. The smallest absolute Gasteiger partial charge is 0.334 e. The Morgan fingerprint density at radius 2 is 1.56 bits per heavy atom. The molecule has 0 bridgehead atoms. The number of carbonyl (C=O) groups excluding carboxylic acids is 3. The molecule has 190 valence electrons. The van der Waals surface area contributed by atoms with Crippen molar-refractivity contribution in [3.8, 4) is 0 Å². The monoisotopic (exact) mass is 490 g/mol. The van der Waals surface area contributed by atoms with Gasteiger partial charge in [0.15, 0.2) is 5.54 Å². The Labute approximate surface area is 212 Å². The molecule has 1 unspecified atom stereocenters. The van der Waals surface area contributed by atoms with Crippen molar-refractivity contribution in [1.29, 1.82) is 0 Å². The van der Waals surface area contributed by atoms with Crippen LogP contribution in [0.25, 0.3) is 0 Å². The molecule has 0 radical (unpaired) electrons. The third-order valence-corrected chi connectivity index (χ3v) is 6.39. The summed E-state index contributed by atoms with van der Waals surface area (Å²) in [4.78, 5) is 40.2. The van der Waals surface area contributed by atoms with E-state index >= 15 is 0 Å². The van der Waals surface area contributed by atoms with Crippen molar-refractivity contribution in [2.75, 3.05) is 0 Å². The molecule has 4 rings (SSSR count).